The summed E-state index contributed by atoms with van der Waals surface area (Å²) in [5.41, 5.74) is 3.25. The van der Waals surface area contributed by atoms with E-state index in [1.54, 1.807) is 0 Å². The van der Waals surface area contributed by atoms with Crippen LogP contribution >= 0.6 is 0 Å². The zero-order valence-corrected chi connectivity index (χ0v) is 17.4. The fourth-order valence-corrected chi connectivity index (χ4v) is 5.10. The molecule has 1 aromatic heterocycles. The third-order valence-corrected chi connectivity index (χ3v) is 6.61. The van der Waals surface area contributed by atoms with Crippen LogP contribution in [0.5, 0.6) is 0 Å². The second-order valence-corrected chi connectivity index (χ2v) is 8.41. The fourth-order valence-electron chi connectivity index (χ4n) is 5.10. The molecule has 0 aliphatic rings. The maximum atomic E-state index is 5.19. The van der Waals surface area contributed by atoms with Gasteiger partial charge in [-0.05, 0) is 49.8 Å². The van der Waals surface area contributed by atoms with Crippen molar-refractivity contribution < 1.29 is 0 Å². The second-order valence-electron chi connectivity index (χ2n) is 8.41. The van der Waals surface area contributed by atoms with E-state index in [0.29, 0.717) is 0 Å². The zero-order valence-electron chi connectivity index (χ0n) is 17.4. The van der Waals surface area contributed by atoms with Crippen LogP contribution in [0.4, 0.5) is 0 Å². The highest BCUT2D eigenvalue weighted by atomic mass is 14.7. The van der Waals surface area contributed by atoms with Crippen LogP contribution in [0.15, 0.2) is 115 Å². The highest BCUT2D eigenvalue weighted by Gasteiger charge is 2.13. The lowest BCUT2D eigenvalue weighted by Gasteiger charge is -2.13. The Labute approximate surface area is 185 Å². The molecule has 0 fully saturated rings. The van der Waals surface area contributed by atoms with E-state index in [1.165, 1.54) is 54.0 Å². The lowest BCUT2D eigenvalue weighted by Crippen LogP contribution is -1.90. The van der Waals surface area contributed by atoms with Crippen LogP contribution in [0.1, 0.15) is 0 Å². The van der Waals surface area contributed by atoms with E-state index in [0.717, 1.165) is 11.2 Å². The summed E-state index contributed by atoms with van der Waals surface area (Å²) in [7, 11) is 0. The quantitative estimate of drug-likeness (QED) is 0.249. The van der Waals surface area contributed by atoms with Crippen molar-refractivity contribution in [3.05, 3.63) is 115 Å². The Bertz CT molecular complexity index is 1830. The zero-order chi connectivity index (χ0) is 21.1. The smallest absolute Gasteiger partial charge is 0.0787 e. The van der Waals surface area contributed by atoms with E-state index in [2.05, 4.69) is 115 Å². The molecule has 7 aromatic rings. The van der Waals surface area contributed by atoms with Crippen molar-refractivity contribution in [1.29, 1.82) is 0 Å². The molecule has 0 saturated heterocycles. The maximum Gasteiger partial charge on any atom is 0.0787 e. The first kappa shape index (κ1) is 17.5. The predicted octanol–water partition coefficient (Wildman–Crippen LogP) is 8.51. The average Bonchev–Trinajstić information content (AvgIpc) is 2.87. The molecule has 0 saturated carbocycles. The van der Waals surface area contributed by atoms with E-state index < -0.39 is 0 Å². The van der Waals surface area contributed by atoms with Crippen molar-refractivity contribution in [2.75, 3.05) is 0 Å². The van der Waals surface area contributed by atoms with E-state index in [9.17, 15) is 0 Å². The van der Waals surface area contributed by atoms with Gasteiger partial charge in [-0.1, -0.05) is 103 Å². The molecular formula is C31H19N. The minimum absolute atomic E-state index is 1.01. The Hall–Kier alpha value is -4.23. The van der Waals surface area contributed by atoms with Crippen LogP contribution < -0.4 is 0 Å². The van der Waals surface area contributed by atoms with Gasteiger partial charge in [0, 0.05) is 16.3 Å². The normalized spacial score (nSPS) is 11.8. The summed E-state index contributed by atoms with van der Waals surface area (Å²) in [6.07, 6.45) is 0. The summed E-state index contributed by atoms with van der Waals surface area (Å²) in [6, 6.07) is 41.3. The van der Waals surface area contributed by atoms with Gasteiger partial charge >= 0.3 is 0 Å². The number of benzene rings is 6. The van der Waals surface area contributed by atoms with Crippen LogP contribution in [0, 0.1) is 0 Å². The summed E-state index contributed by atoms with van der Waals surface area (Å²) < 4.78 is 0. The molecule has 0 radical (unpaired) electrons. The van der Waals surface area contributed by atoms with Crippen LogP contribution in [-0.4, -0.2) is 4.98 Å². The largest absolute Gasteiger partial charge is 0.247 e. The van der Waals surface area contributed by atoms with Crippen LogP contribution in [0.25, 0.3) is 65.3 Å². The van der Waals surface area contributed by atoms with Gasteiger partial charge in [-0.2, -0.15) is 0 Å². The summed E-state index contributed by atoms with van der Waals surface area (Å²) in [6.45, 7) is 0. The molecule has 0 N–H and O–H groups in total. The van der Waals surface area contributed by atoms with Gasteiger partial charge in [0.05, 0.1) is 11.2 Å². The number of hydrogen-bond acceptors (Lipinski definition) is 1. The molecule has 0 aliphatic heterocycles. The van der Waals surface area contributed by atoms with E-state index in [1.807, 2.05) is 0 Å². The molecule has 1 heteroatoms. The minimum Gasteiger partial charge on any atom is -0.247 e. The number of fused-ring (bicyclic) bond motifs is 8. The van der Waals surface area contributed by atoms with Crippen molar-refractivity contribution in [1.82, 2.24) is 4.98 Å². The average molecular weight is 406 g/mol. The number of rotatable bonds is 1. The van der Waals surface area contributed by atoms with E-state index in [4.69, 9.17) is 4.98 Å². The van der Waals surface area contributed by atoms with Gasteiger partial charge in [-0.3, -0.25) is 0 Å². The molecule has 0 aliphatic carbocycles. The fraction of sp³-hybridized carbons (Fsp3) is 0. The highest BCUT2D eigenvalue weighted by molar-refractivity contribution is 6.23. The summed E-state index contributed by atoms with van der Waals surface area (Å²) >= 11 is 0. The molecule has 1 heterocycles. The second kappa shape index (κ2) is 6.63. The lowest BCUT2D eigenvalue weighted by atomic mass is 9.92. The van der Waals surface area contributed by atoms with Crippen molar-refractivity contribution in [3.63, 3.8) is 0 Å². The summed E-state index contributed by atoms with van der Waals surface area (Å²) in [5.74, 6) is 0. The Morgan fingerprint density at radius 1 is 0.406 bits per heavy atom. The van der Waals surface area contributed by atoms with Gasteiger partial charge < -0.3 is 0 Å². The van der Waals surface area contributed by atoms with Crippen molar-refractivity contribution in [2.24, 2.45) is 0 Å². The number of pyridine rings is 1. The van der Waals surface area contributed by atoms with Gasteiger partial charge in [0.1, 0.15) is 0 Å². The molecule has 148 valence electrons. The summed E-state index contributed by atoms with van der Waals surface area (Å²) in [4.78, 5) is 5.19. The summed E-state index contributed by atoms with van der Waals surface area (Å²) in [5, 5.41) is 11.2. The minimum atomic E-state index is 1.01. The van der Waals surface area contributed by atoms with E-state index in [-0.39, 0.29) is 0 Å². The first-order valence-electron chi connectivity index (χ1n) is 11.0. The first-order chi connectivity index (χ1) is 15.9. The highest BCUT2D eigenvalue weighted by Crippen LogP contribution is 2.38. The molecule has 0 spiro atoms. The molecular weight excluding hydrogens is 386 g/mol. The molecule has 1 nitrogen and oxygen atoms in total. The Kier molecular flexibility index (Phi) is 3.62. The Balaban J connectivity index is 1.60. The number of nitrogens with zero attached hydrogens (tertiary/aromatic N) is 1. The molecule has 0 unspecified atom stereocenters. The molecule has 32 heavy (non-hydrogen) atoms. The standard InChI is InChI=1S/C31H19N/c1-3-9-24-20(7-1)14-16-23-19-28(26-11-5-6-12-27(26)30(23)24)29-18-17-22-15-13-21-8-2-4-10-25(21)31(22)32-29/h1-19H. The van der Waals surface area contributed by atoms with Gasteiger partial charge in [-0.25, -0.2) is 4.98 Å². The van der Waals surface area contributed by atoms with Gasteiger partial charge in [0.25, 0.3) is 0 Å². The SMILES string of the molecule is c1ccc2c(c1)ccc1ccc(-c3cc4ccc5ccccc5c4c4ccccc34)nc12. The molecule has 0 amide bonds. The Morgan fingerprint density at radius 2 is 0.969 bits per heavy atom. The van der Waals surface area contributed by atoms with Crippen LogP contribution in [0.3, 0.4) is 0 Å². The van der Waals surface area contributed by atoms with Gasteiger partial charge in [-0.15, -0.1) is 0 Å². The lowest BCUT2D eigenvalue weighted by molar-refractivity contribution is 1.42. The molecule has 0 bridgehead atoms. The maximum absolute atomic E-state index is 5.19. The van der Waals surface area contributed by atoms with Crippen LogP contribution in [0.2, 0.25) is 0 Å². The van der Waals surface area contributed by atoms with Crippen molar-refractivity contribution >= 4 is 54.0 Å². The van der Waals surface area contributed by atoms with Gasteiger partial charge in [0.15, 0.2) is 0 Å². The van der Waals surface area contributed by atoms with Crippen molar-refractivity contribution in [3.8, 4) is 11.3 Å². The van der Waals surface area contributed by atoms with Gasteiger partial charge in [0.2, 0.25) is 0 Å². The first-order valence-corrected chi connectivity index (χ1v) is 11.0. The van der Waals surface area contributed by atoms with Crippen LogP contribution in [-0.2, 0) is 0 Å². The monoisotopic (exact) mass is 405 g/mol. The number of aromatic nitrogens is 1. The van der Waals surface area contributed by atoms with Crippen molar-refractivity contribution in [2.45, 2.75) is 0 Å². The molecule has 6 aromatic carbocycles. The molecule has 7 rings (SSSR count). The number of hydrogen-bond donors (Lipinski definition) is 0. The third kappa shape index (κ3) is 2.48. The Morgan fingerprint density at radius 3 is 1.78 bits per heavy atom. The topological polar surface area (TPSA) is 12.9 Å². The molecule has 0 atom stereocenters. The van der Waals surface area contributed by atoms with E-state index >= 15 is 0 Å². The third-order valence-electron chi connectivity index (χ3n) is 6.61. The predicted molar refractivity (Wildman–Crippen MR) is 137 cm³/mol.